The number of nitrogens with zero attached hydrogens (tertiary/aromatic N) is 4. The fraction of sp³-hybridized carbons (Fsp3) is 0.706. The molecule has 1 aromatic heterocycles. The van der Waals surface area contributed by atoms with Gasteiger partial charge in [0.1, 0.15) is 0 Å². The van der Waals surface area contributed by atoms with Gasteiger partial charge in [-0.05, 0) is 25.7 Å². The third-order valence-corrected chi connectivity index (χ3v) is 7.61. The Bertz CT molecular complexity index is 876. The summed E-state index contributed by atoms with van der Waals surface area (Å²) in [6.45, 7) is 2.17. The van der Waals surface area contributed by atoms with Gasteiger partial charge in [-0.25, -0.2) is 8.42 Å². The van der Waals surface area contributed by atoms with E-state index in [0.717, 1.165) is 36.9 Å². The van der Waals surface area contributed by atoms with Gasteiger partial charge in [-0.2, -0.15) is 5.10 Å². The largest absolute Gasteiger partial charge is 0.335 e. The molecule has 8 nitrogen and oxygen atoms in total. The molecule has 0 saturated carbocycles. The van der Waals surface area contributed by atoms with E-state index in [2.05, 4.69) is 5.10 Å². The Labute approximate surface area is 153 Å². The molecule has 1 aromatic rings. The van der Waals surface area contributed by atoms with Crippen LogP contribution in [0.15, 0.2) is 0 Å². The van der Waals surface area contributed by atoms with Crippen LogP contribution in [0.4, 0.5) is 0 Å². The van der Waals surface area contributed by atoms with Crippen LogP contribution < -0.4 is 0 Å². The first-order valence-electron chi connectivity index (χ1n) is 9.12. The molecule has 0 aromatic carbocycles. The molecule has 0 spiro atoms. The van der Waals surface area contributed by atoms with Crippen LogP contribution in [-0.2, 0) is 34.5 Å². The summed E-state index contributed by atoms with van der Waals surface area (Å²) in [6, 6.07) is -0.930. The molecule has 2 amide bonds. The summed E-state index contributed by atoms with van der Waals surface area (Å²) in [5.74, 6) is -0.484. The first kappa shape index (κ1) is 17.5. The van der Waals surface area contributed by atoms with Gasteiger partial charge < -0.3 is 9.80 Å². The third-order valence-electron chi connectivity index (χ3n) is 5.91. The first-order chi connectivity index (χ1) is 12.3. The summed E-state index contributed by atoms with van der Waals surface area (Å²) in [4.78, 5) is 28.4. The Morgan fingerprint density at radius 3 is 2.35 bits per heavy atom. The van der Waals surface area contributed by atoms with Crippen LogP contribution in [0.2, 0.25) is 0 Å². The number of aryl methyl sites for hydroxylation is 1. The first-order valence-corrected chi connectivity index (χ1v) is 10.9. The molecule has 2 fully saturated rings. The zero-order valence-corrected chi connectivity index (χ0v) is 16.0. The second-order valence-electron chi connectivity index (χ2n) is 7.53. The minimum Gasteiger partial charge on any atom is -0.335 e. The molecular weight excluding hydrogens is 356 g/mol. The fourth-order valence-corrected chi connectivity index (χ4v) is 6.66. The molecule has 0 radical (unpaired) electrons. The van der Waals surface area contributed by atoms with E-state index >= 15 is 0 Å². The zero-order chi connectivity index (χ0) is 18.6. The number of carbonyl (C=O) groups excluding carboxylic acids is 2. The van der Waals surface area contributed by atoms with Crippen molar-refractivity contribution in [1.82, 2.24) is 19.6 Å². The van der Waals surface area contributed by atoms with Gasteiger partial charge in [-0.1, -0.05) is 0 Å². The smallest absolute Gasteiger partial charge is 0.275 e. The Morgan fingerprint density at radius 1 is 1.04 bits per heavy atom. The second kappa shape index (κ2) is 6.07. The van der Waals surface area contributed by atoms with Crippen LogP contribution in [-0.4, -0.2) is 76.5 Å². The summed E-state index contributed by atoms with van der Waals surface area (Å²) >= 11 is 0. The molecule has 2 aliphatic heterocycles. The van der Waals surface area contributed by atoms with Gasteiger partial charge >= 0.3 is 0 Å². The normalized spacial score (nSPS) is 27.2. The summed E-state index contributed by atoms with van der Waals surface area (Å²) in [7, 11) is -1.41. The highest BCUT2D eigenvalue weighted by Crippen LogP contribution is 2.30. The molecule has 4 rings (SSSR count). The lowest BCUT2D eigenvalue weighted by Crippen LogP contribution is -2.61. The predicted molar refractivity (Wildman–Crippen MR) is 94.5 cm³/mol. The van der Waals surface area contributed by atoms with Gasteiger partial charge in [0.05, 0.1) is 23.6 Å². The number of hydrogen-bond donors (Lipinski definition) is 0. The van der Waals surface area contributed by atoms with Crippen molar-refractivity contribution in [3.63, 3.8) is 0 Å². The molecule has 3 heterocycles. The third kappa shape index (κ3) is 2.72. The van der Waals surface area contributed by atoms with Crippen molar-refractivity contribution >= 4 is 21.7 Å². The maximum Gasteiger partial charge on any atom is 0.275 e. The zero-order valence-electron chi connectivity index (χ0n) is 15.1. The standard InChI is InChI=1S/C17H24N4O4S/c1-11(22)20-7-8-21(15-10-26(24,25)9-14(15)20)17(23)16-12-5-3-4-6-13(12)19(2)18-16/h14-15H,3-10H2,1-2H3/t14-,15+/m1/s1. The van der Waals surface area contributed by atoms with Crippen LogP contribution in [0.3, 0.4) is 0 Å². The average molecular weight is 380 g/mol. The number of carbonyl (C=O) groups is 2. The van der Waals surface area contributed by atoms with Crippen LogP contribution >= 0.6 is 0 Å². The molecule has 2 atom stereocenters. The highest BCUT2D eigenvalue weighted by Gasteiger charge is 2.49. The average Bonchev–Trinajstić information content (AvgIpc) is 3.09. The molecule has 142 valence electrons. The van der Waals surface area contributed by atoms with Crippen LogP contribution in [0.25, 0.3) is 0 Å². The lowest BCUT2D eigenvalue weighted by atomic mass is 9.94. The van der Waals surface area contributed by atoms with Gasteiger partial charge in [0.2, 0.25) is 5.91 Å². The topological polar surface area (TPSA) is 92.6 Å². The second-order valence-corrected chi connectivity index (χ2v) is 9.68. The minimum atomic E-state index is -3.27. The van der Waals surface area contributed by atoms with E-state index in [1.54, 1.807) is 14.5 Å². The van der Waals surface area contributed by atoms with Crippen molar-refractivity contribution in [2.75, 3.05) is 24.6 Å². The summed E-state index contributed by atoms with van der Waals surface area (Å²) in [6.07, 6.45) is 3.90. The highest BCUT2D eigenvalue weighted by molar-refractivity contribution is 7.91. The van der Waals surface area contributed by atoms with Crippen molar-refractivity contribution in [1.29, 1.82) is 0 Å². The summed E-state index contributed by atoms with van der Waals surface area (Å²) < 4.78 is 26.2. The van der Waals surface area contributed by atoms with Gasteiger partial charge in [0.15, 0.2) is 15.5 Å². The Balaban J connectivity index is 1.68. The van der Waals surface area contributed by atoms with E-state index in [0.29, 0.717) is 18.8 Å². The number of sulfone groups is 1. The summed E-state index contributed by atoms with van der Waals surface area (Å²) in [5, 5.41) is 4.47. The SMILES string of the molecule is CC(=O)N1CCN(C(=O)c2nn(C)c3c2CCCC3)[C@H]2CS(=O)(=O)C[C@H]21. The lowest BCUT2D eigenvalue weighted by Gasteiger charge is -2.43. The molecule has 2 saturated heterocycles. The van der Waals surface area contributed by atoms with Crippen molar-refractivity contribution < 1.29 is 18.0 Å². The number of rotatable bonds is 1. The molecule has 0 N–H and O–H groups in total. The van der Waals surface area contributed by atoms with Crippen LogP contribution in [0.5, 0.6) is 0 Å². The predicted octanol–water partition coefficient (Wildman–Crippen LogP) is -0.231. The van der Waals surface area contributed by atoms with Crippen molar-refractivity contribution in [2.45, 2.75) is 44.7 Å². The van der Waals surface area contributed by atoms with Gasteiger partial charge in [0, 0.05) is 38.3 Å². The van der Waals surface area contributed by atoms with E-state index in [1.807, 2.05) is 7.05 Å². The molecule has 0 unspecified atom stereocenters. The van der Waals surface area contributed by atoms with E-state index in [9.17, 15) is 18.0 Å². The Morgan fingerprint density at radius 2 is 1.65 bits per heavy atom. The van der Waals surface area contributed by atoms with Crippen LogP contribution in [0, 0.1) is 0 Å². The molecule has 26 heavy (non-hydrogen) atoms. The monoisotopic (exact) mass is 380 g/mol. The number of fused-ring (bicyclic) bond motifs is 2. The van der Waals surface area contributed by atoms with Crippen molar-refractivity contribution in [3.8, 4) is 0 Å². The number of hydrogen-bond acceptors (Lipinski definition) is 5. The quantitative estimate of drug-likeness (QED) is 0.671. The van der Waals surface area contributed by atoms with E-state index in [4.69, 9.17) is 0 Å². The fourth-order valence-electron chi connectivity index (χ4n) is 4.68. The van der Waals surface area contributed by atoms with Crippen molar-refractivity contribution in [2.24, 2.45) is 7.05 Å². The molecule has 9 heteroatoms. The van der Waals surface area contributed by atoms with Gasteiger partial charge in [-0.15, -0.1) is 0 Å². The number of aromatic nitrogens is 2. The Hall–Kier alpha value is -1.90. The molecule has 0 bridgehead atoms. The summed E-state index contributed by atoms with van der Waals surface area (Å²) in [5.41, 5.74) is 2.58. The van der Waals surface area contributed by atoms with E-state index in [1.165, 1.54) is 6.92 Å². The van der Waals surface area contributed by atoms with Gasteiger partial charge in [0.25, 0.3) is 5.91 Å². The number of piperazine rings is 1. The van der Waals surface area contributed by atoms with Gasteiger partial charge in [-0.3, -0.25) is 14.3 Å². The van der Waals surface area contributed by atoms with E-state index in [-0.39, 0.29) is 23.3 Å². The molecule has 3 aliphatic rings. The highest BCUT2D eigenvalue weighted by atomic mass is 32.2. The number of amides is 2. The maximum atomic E-state index is 13.3. The maximum absolute atomic E-state index is 13.3. The lowest BCUT2D eigenvalue weighted by molar-refractivity contribution is -0.133. The minimum absolute atomic E-state index is 0.0681. The molecular formula is C17H24N4O4S. The molecule has 1 aliphatic carbocycles. The van der Waals surface area contributed by atoms with Crippen LogP contribution in [0.1, 0.15) is 41.5 Å². The Kier molecular flexibility index (Phi) is 4.09. The van der Waals surface area contributed by atoms with E-state index < -0.39 is 21.9 Å². The van der Waals surface area contributed by atoms with Crippen molar-refractivity contribution in [3.05, 3.63) is 17.0 Å².